The molecule has 0 fully saturated rings. The van der Waals surface area contributed by atoms with Crippen LogP contribution in [0.5, 0.6) is 0 Å². The molecule has 19 heavy (non-hydrogen) atoms. The summed E-state index contributed by atoms with van der Waals surface area (Å²) in [6.45, 7) is 3.00. The molecule has 1 atom stereocenters. The molecular weight excluding hydrogens is 240 g/mol. The predicted octanol–water partition coefficient (Wildman–Crippen LogP) is 2.37. The summed E-state index contributed by atoms with van der Waals surface area (Å²) >= 11 is 0. The molecule has 0 unspecified atom stereocenters. The molecule has 1 aromatic carbocycles. The van der Waals surface area contributed by atoms with Crippen molar-refractivity contribution in [2.24, 2.45) is 0 Å². The standard InChI is InChI=1S/C15H20N2O2/c1-2-14(18)10-15-16-8-9-17(15)12-19-11-13-6-4-3-5-7-13/h3-9,14,18H,2,10-12H2,1H3/t14-/m0/s1. The highest BCUT2D eigenvalue weighted by Crippen LogP contribution is 2.06. The van der Waals surface area contributed by atoms with Gasteiger partial charge in [-0.05, 0) is 12.0 Å². The maximum atomic E-state index is 9.66. The lowest BCUT2D eigenvalue weighted by molar-refractivity contribution is 0.0604. The van der Waals surface area contributed by atoms with E-state index in [-0.39, 0.29) is 6.10 Å². The first-order valence-corrected chi connectivity index (χ1v) is 6.59. The van der Waals surface area contributed by atoms with Crippen LogP contribution in [0.25, 0.3) is 0 Å². The SMILES string of the molecule is CC[C@H](O)Cc1nccn1COCc1ccccc1. The summed E-state index contributed by atoms with van der Waals surface area (Å²) in [4.78, 5) is 4.25. The largest absolute Gasteiger partial charge is 0.393 e. The third kappa shape index (κ3) is 4.19. The number of hydrogen-bond donors (Lipinski definition) is 1. The van der Waals surface area contributed by atoms with Crippen molar-refractivity contribution < 1.29 is 9.84 Å². The quantitative estimate of drug-likeness (QED) is 0.831. The van der Waals surface area contributed by atoms with Crippen molar-refractivity contribution in [2.45, 2.75) is 39.2 Å². The first kappa shape index (κ1) is 13.8. The Bertz CT molecular complexity index is 482. The number of benzene rings is 1. The Balaban J connectivity index is 1.84. The summed E-state index contributed by atoms with van der Waals surface area (Å²) < 4.78 is 7.59. The highest BCUT2D eigenvalue weighted by molar-refractivity contribution is 5.13. The van der Waals surface area contributed by atoms with Crippen molar-refractivity contribution in [3.63, 3.8) is 0 Å². The first-order chi connectivity index (χ1) is 9.29. The molecule has 0 aliphatic rings. The van der Waals surface area contributed by atoms with Gasteiger partial charge in [-0.25, -0.2) is 4.98 Å². The van der Waals surface area contributed by atoms with Gasteiger partial charge in [-0.3, -0.25) is 0 Å². The lowest BCUT2D eigenvalue weighted by Gasteiger charge is -2.11. The molecule has 0 amide bonds. The number of nitrogens with zero attached hydrogens (tertiary/aromatic N) is 2. The molecule has 0 radical (unpaired) electrons. The summed E-state index contributed by atoms with van der Waals surface area (Å²) in [7, 11) is 0. The lowest BCUT2D eigenvalue weighted by Crippen LogP contribution is -2.14. The van der Waals surface area contributed by atoms with Gasteiger partial charge in [0.2, 0.25) is 0 Å². The van der Waals surface area contributed by atoms with Crippen molar-refractivity contribution in [3.05, 3.63) is 54.1 Å². The summed E-state index contributed by atoms with van der Waals surface area (Å²) in [6, 6.07) is 10.1. The van der Waals surface area contributed by atoms with Gasteiger partial charge in [0.05, 0.1) is 12.7 Å². The highest BCUT2D eigenvalue weighted by atomic mass is 16.5. The minimum atomic E-state index is -0.338. The number of imidazole rings is 1. The minimum absolute atomic E-state index is 0.338. The van der Waals surface area contributed by atoms with Crippen molar-refractivity contribution in [3.8, 4) is 0 Å². The average Bonchev–Trinajstić information content (AvgIpc) is 2.87. The Morgan fingerprint density at radius 1 is 1.32 bits per heavy atom. The molecule has 0 bridgehead atoms. The van der Waals surface area contributed by atoms with Crippen LogP contribution in [0.4, 0.5) is 0 Å². The molecule has 1 N–H and O–H groups in total. The Morgan fingerprint density at radius 2 is 2.11 bits per heavy atom. The van der Waals surface area contributed by atoms with E-state index < -0.39 is 0 Å². The van der Waals surface area contributed by atoms with E-state index in [9.17, 15) is 5.11 Å². The van der Waals surface area contributed by atoms with Gasteiger partial charge in [-0.1, -0.05) is 37.3 Å². The second-order valence-electron chi connectivity index (χ2n) is 4.54. The van der Waals surface area contributed by atoms with Crippen LogP contribution >= 0.6 is 0 Å². The van der Waals surface area contributed by atoms with Crippen LogP contribution in [0, 0.1) is 0 Å². The fourth-order valence-electron chi connectivity index (χ4n) is 1.84. The molecule has 0 saturated carbocycles. The van der Waals surface area contributed by atoms with Crippen LogP contribution < -0.4 is 0 Å². The fraction of sp³-hybridized carbons (Fsp3) is 0.400. The minimum Gasteiger partial charge on any atom is -0.393 e. The number of ether oxygens (including phenoxy) is 1. The average molecular weight is 260 g/mol. The second kappa shape index (κ2) is 7.07. The Kier molecular flexibility index (Phi) is 5.12. The van der Waals surface area contributed by atoms with Crippen LogP contribution in [0.1, 0.15) is 24.7 Å². The summed E-state index contributed by atoms with van der Waals surface area (Å²) in [5.41, 5.74) is 1.15. The van der Waals surface area contributed by atoms with Crippen LogP contribution in [0.2, 0.25) is 0 Å². The maximum absolute atomic E-state index is 9.66. The Hall–Kier alpha value is -1.65. The van der Waals surface area contributed by atoms with Crippen LogP contribution in [0.3, 0.4) is 0 Å². The molecule has 102 valence electrons. The van der Waals surface area contributed by atoms with E-state index in [0.717, 1.165) is 17.8 Å². The van der Waals surface area contributed by atoms with Crippen LogP contribution in [-0.2, 0) is 24.5 Å². The normalized spacial score (nSPS) is 12.5. The lowest BCUT2D eigenvalue weighted by atomic mass is 10.2. The molecule has 4 nitrogen and oxygen atoms in total. The Labute approximate surface area is 113 Å². The maximum Gasteiger partial charge on any atom is 0.124 e. The Morgan fingerprint density at radius 3 is 2.84 bits per heavy atom. The fourth-order valence-corrected chi connectivity index (χ4v) is 1.84. The van der Waals surface area contributed by atoms with Crippen molar-refractivity contribution in [2.75, 3.05) is 0 Å². The highest BCUT2D eigenvalue weighted by Gasteiger charge is 2.08. The summed E-state index contributed by atoms with van der Waals surface area (Å²) in [5.74, 6) is 0.863. The van der Waals surface area contributed by atoms with Gasteiger partial charge in [0, 0.05) is 18.8 Å². The third-order valence-corrected chi connectivity index (χ3v) is 3.03. The first-order valence-electron chi connectivity index (χ1n) is 6.59. The number of aromatic nitrogens is 2. The van der Waals surface area contributed by atoms with Gasteiger partial charge in [0.25, 0.3) is 0 Å². The number of aliphatic hydroxyl groups is 1. The van der Waals surface area contributed by atoms with Gasteiger partial charge in [-0.2, -0.15) is 0 Å². The van der Waals surface area contributed by atoms with E-state index in [4.69, 9.17) is 4.74 Å². The summed E-state index contributed by atoms with van der Waals surface area (Å²) in [5, 5.41) is 9.66. The topological polar surface area (TPSA) is 47.3 Å². The number of rotatable bonds is 7. The molecule has 1 heterocycles. The molecule has 1 aromatic heterocycles. The van der Waals surface area contributed by atoms with Gasteiger partial charge >= 0.3 is 0 Å². The van der Waals surface area contributed by atoms with E-state index >= 15 is 0 Å². The smallest absolute Gasteiger partial charge is 0.124 e. The number of aliphatic hydroxyl groups excluding tert-OH is 1. The van der Waals surface area contributed by atoms with Gasteiger partial charge in [0.15, 0.2) is 0 Å². The molecule has 0 spiro atoms. The van der Waals surface area contributed by atoms with E-state index in [0.29, 0.717) is 19.8 Å². The molecular formula is C15H20N2O2. The number of hydrogen-bond acceptors (Lipinski definition) is 3. The van der Waals surface area contributed by atoms with Gasteiger partial charge in [-0.15, -0.1) is 0 Å². The van der Waals surface area contributed by atoms with Crippen LogP contribution in [-0.4, -0.2) is 20.8 Å². The van der Waals surface area contributed by atoms with E-state index in [1.54, 1.807) is 6.20 Å². The third-order valence-electron chi connectivity index (χ3n) is 3.03. The van der Waals surface area contributed by atoms with E-state index in [1.807, 2.05) is 48.0 Å². The van der Waals surface area contributed by atoms with Gasteiger partial charge in [0.1, 0.15) is 12.6 Å². The van der Waals surface area contributed by atoms with E-state index in [1.165, 1.54) is 0 Å². The monoisotopic (exact) mass is 260 g/mol. The van der Waals surface area contributed by atoms with Crippen molar-refractivity contribution >= 4 is 0 Å². The zero-order valence-electron chi connectivity index (χ0n) is 11.2. The summed E-state index contributed by atoms with van der Waals surface area (Å²) in [6.07, 6.45) is 4.58. The molecule has 2 aromatic rings. The second-order valence-corrected chi connectivity index (χ2v) is 4.54. The molecule has 4 heteroatoms. The molecule has 0 aliphatic heterocycles. The van der Waals surface area contributed by atoms with Crippen LogP contribution in [0.15, 0.2) is 42.7 Å². The zero-order chi connectivity index (χ0) is 13.5. The van der Waals surface area contributed by atoms with Crippen molar-refractivity contribution in [1.82, 2.24) is 9.55 Å². The van der Waals surface area contributed by atoms with E-state index in [2.05, 4.69) is 4.98 Å². The predicted molar refractivity (Wildman–Crippen MR) is 73.5 cm³/mol. The zero-order valence-corrected chi connectivity index (χ0v) is 11.2. The molecule has 2 rings (SSSR count). The molecule has 0 aliphatic carbocycles. The van der Waals surface area contributed by atoms with Crippen molar-refractivity contribution in [1.29, 1.82) is 0 Å². The molecule has 0 saturated heterocycles. The van der Waals surface area contributed by atoms with Gasteiger partial charge < -0.3 is 14.4 Å².